The number of para-hydroxylation sites is 1. The van der Waals surface area contributed by atoms with Gasteiger partial charge in [-0.15, -0.1) is 0 Å². The number of fused-ring (bicyclic) bond motifs is 1. The SMILES string of the molecule is CCc1nc(NCc2cccc(F)c2)nc(-c2n[nH]c3c(C(=O)O)cccc23)n1. The maximum absolute atomic E-state index is 13.4. The molecule has 2 aromatic carbocycles. The Labute approximate surface area is 164 Å². The van der Waals surface area contributed by atoms with Gasteiger partial charge in [0, 0.05) is 18.4 Å². The van der Waals surface area contributed by atoms with E-state index in [1.807, 2.05) is 6.92 Å². The van der Waals surface area contributed by atoms with Gasteiger partial charge in [-0.25, -0.2) is 14.2 Å². The number of aryl methyl sites for hydroxylation is 1. The van der Waals surface area contributed by atoms with Gasteiger partial charge in [0.15, 0.2) is 5.82 Å². The van der Waals surface area contributed by atoms with Crippen LogP contribution < -0.4 is 5.32 Å². The smallest absolute Gasteiger partial charge is 0.337 e. The van der Waals surface area contributed by atoms with Crippen LogP contribution in [0.1, 0.15) is 28.7 Å². The van der Waals surface area contributed by atoms with Crippen molar-refractivity contribution in [3.8, 4) is 11.5 Å². The molecule has 0 radical (unpaired) electrons. The molecule has 0 unspecified atom stereocenters. The average molecular weight is 392 g/mol. The van der Waals surface area contributed by atoms with Gasteiger partial charge in [0.1, 0.15) is 17.3 Å². The monoisotopic (exact) mass is 392 g/mol. The van der Waals surface area contributed by atoms with E-state index in [-0.39, 0.29) is 11.4 Å². The van der Waals surface area contributed by atoms with E-state index >= 15 is 0 Å². The molecule has 0 atom stereocenters. The number of carbonyl (C=O) groups is 1. The molecule has 2 heterocycles. The minimum Gasteiger partial charge on any atom is -0.478 e. The van der Waals surface area contributed by atoms with Crippen LogP contribution >= 0.6 is 0 Å². The molecule has 0 saturated heterocycles. The van der Waals surface area contributed by atoms with Crippen LogP contribution in [-0.2, 0) is 13.0 Å². The van der Waals surface area contributed by atoms with E-state index in [4.69, 9.17) is 0 Å². The Kier molecular flexibility index (Phi) is 4.86. The summed E-state index contributed by atoms with van der Waals surface area (Å²) in [5, 5.41) is 20.0. The van der Waals surface area contributed by atoms with Crippen molar-refractivity contribution in [1.29, 1.82) is 0 Å². The number of hydrogen-bond acceptors (Lipinski definition) is 6. The highest BCUT2D eigenvalue weighted by Crippen LogP contribution is 2.26. The first kappa shape index (κ1) is 18.5. The maximum atomic E-state index is 13.4. The number of aromatic carboxylic acids is 1. The molecule has 0 fully saturated rings. The highest BCUT2D eigenvalue weighted by Gasteiger charge is 2.17. The molecule has 0 spiro atoms. The predicted molar refractivity (Wildman–Crippen MR) is 105 cm³/mol. The number of nitrogens with one attached hydrogen (secondary N) is 2. The number of nitrogens with zero attached hydrogens (tertiary/aromatic N) is 4. The quantitative estimate of drug-likeness (QED) is 0.460. The summed E-state index contributed by atoms with van der Waals surface area (Å²) in [6.07, 6.45) is 0.576. The topological polar surface area (TPSA) is 117 Å². The van der Waals surface area contributed by atoms with Crippen LogP contribution in [0.25, 0.3) is 22.4 Å². The van der Waals surface area contributed by atoms with Crippen LogP contribution in [0.15, 0.2) is 42.5 Å². The van der Waals surface area contributed by atoms with Gasteiger partial charge in [0.05, 0.1) is 11.1 Å². The van der Waals surface area contributed by atoms with Gasteiger partial charge in [0.25, 0.3) is 0 Å². The molecule has 0 aliphatic carbocycles. The number of anilines is 1. The number of rotatable bonds is 6. The van der Waals surface area contributed by atoms with E-state index in [0.29, 0.717) is 47.2 Å². The van der Waals surface area contributed by atoms with Crippen LogP contribution in [0, 0.1) is 5.82 Å². The molecule has 0 aliphatic heterocycles. The van der Waals surface area contributed by atoms with Gasteiger partial charge in [-0.3, -0.25) is 5.10 Å². The van der Waals surface area contributed by atoms with Crippen LogP contribution in [0.5, 0.6) is 0 Å². The molecular weight excluding hydrogens is 375 g/mol. The van der Waals surface area contributed by atoms with Gasteiger partial charge in [-0.2, -0.15) is 15.1 Å². The highest BCUT2D eigenvalue weighted by molar-refractivity contribution is 6.05. The second kappa shape index (κ2) is 7.63. The van der Waals surface area contributed by atoms with E-state index in [1.165, 1.54) is 18.2 Å². The molecule has 0 amide bonds. The molecule has 4 aromatic rings. The van der Waals surface area contributed by atoms with Crippen molar-refractivity contribution in [2.75, 3.05) is 5.32 Å². The average Bonchev–Trinajstić information content (AvgIpc) is 3.16. The van der Waals surface area contributed by atoms with Crippen molar-refractivity contribution in [3.05, 3.63) is 65.2 Å². The first-order valence-corrected chi connectivity index (χ1v) is 8.99. The van der Waals surface area contributed by atoms with Crippen molar-refractivity contribution >= 4 is 22.8 Å². The molecule has 29 heavy (non-hydrogen) atoms. The molecule has 0 saturated carbocycles. The Bertz CT molecular complexity index is 1210. The molecule has 2 aromatic heterocycles. The largest absolute Gasteiger partial charge is 0.478 e. The van der Waals surface area contributed by atoms with Crippen LogP contribution in [0.3, 0.4) is 0 Å². The summed E-state index contributed by atoms with van der Waals surface area (Å²) in [5.41, 5.74) is 1.72. The number of halogens is 1. The van der Waals surface area contributed by atoms with E-state index in [1.54, 1.807) is 24.3 Å². The van der Waals surface area contributed by atoms with Crippen molar-refractivity contribution in [2.24, 2.45) is 0 Å². The molecular formula is C20H17FN6O2. The third-order valence-electron chi connectivity index (χ3n) is 4.38. The van der Waals surface area contributed by atoms with Gasteiger partial charge in [0.2, 0.25) is 5.95 Å². The summed E-state index contributed by atoms with van der Waals surface area (Å²) in [7, 11) is 0. The first-order valence-electron chi connectivity index (χ1n) is 8.99. The number of benzene rings is 2. The van der Waals surface area contributed by atoms with Gasteiger partial charge < -0.3 is 10.4 Å². The summed E-state index contributed by atoms with van der Waals surface area (Å²) in [5.74, 6) is -0.142. The highest BCUT2D eigenvalue weighted by atomic mass is 19.1. The van der Waals surface area contributed by atoms with Crippen LogP contribution in [-0.4, -0.2) is 36.2 Å². The molecule has 9 heteroatoms. The van der Waals surface area contributed by atoms with E-state index in [0.717, 1.165) is 5.56 Å². The van der Waals surface area contributed by atoms with Crippen LogP contribution in [0.4, 0.5) is 10.3 Å². The van der Waals surface area contributed by atoms with Crippen molar-refractivity contribution < 1.29 is 14.3 Å². The molecule has 8 nitrogen and oxygen atoms in total. The van der Waals surface area contributed by atoms with Crippen LogP contribution in [0.2, 0.25) is 0 Å². The lowest BCUT2D eigenvalue weighted by Gasteiger charge is -2.08. The Morgan fingerprint density at radius 3 is 2.76 bits per heavy atom. The van der Waals surface area contributed by atoms with E-state index < -0.39 is 5.97 Å². The van der Waals surface area contributed by atoms with Gasteiger partial charge >= 0.3 is 5.97 Å². The number of carboxylic acid groups (broad SMARTS) is 1. The maximum Gasteiger partial charge on any atom is 0.337 e. The molecule has 3 N–H and O–H groups in total. The predicted octanol–water partition coefficient (Wildman–Crippen LogP) is 3.43. The second-order valence-electron chi connectivity index (χ2n) is 6.34. The lowest BCUT2D eigenvalue weighted by Crippen LogP contribution is -2.08. The summed E-state index contributed by atoms with van der Waals surface area (Å²) in [6, 6.07) is 11.2. The summed E-state index contributed by atoms with van der Waals surface area (Å²) in [4.78, 5) is 24.7. The Hall–Kier alpha value is -3.88. The summed E-state index contributed by atoms with van der Waals surface area (Å²) in [6.45, 7) is 2.26. The zero-order valence-electron chi connectivity index (χ0n) is 15.5. The van der Waals surface area contributed by atoms with Crippen molar-refractivity contribution in [3.63, 3.8) is 0 Å². The number of H-pyrrole nitrogens is 1. The lowest BCUT2D eigenvalue weighted by atomic mass is 10.1. The zero-order valence-corrected chi connectivity index (χ0v) is 15.5. The molecule has 4 rings (SSSR count). The fraction of sp³-hybridized carbons (Fsp3) is 0.150. The van der Waals surface area contributed by atoms with Gasteiger partial charge in [-0.1, -0.05) is 31.2 Å². The standard InChI is InChI=1S/C20H17FN6O2/c1-2-15-23-18(17-13-7-4-8-14(19(28)29)16(13)26-27-17)25-20(24-15)22-10-11-5-3-6-12(21)9-11/h3-9H,2,10H2,1H3,(H,26,27)(H,28,29)(H,22,23,24,25). The van der Waals surface area contributed by atoms with Crippen molar-refractivity contribution in [1.82, 2.24) is 25.1 Å². The number of aromatic amines is 1. The zero-order chi connectivity index (χ0) is 20.4. The third-order valence-corrected chi connectivity index (χ3v) is 4.38. The van der Waals surface area contributed by atoms with E-state index in [2.05, 4.69) is 30.5 Å². The number of aromatic nitrogens is 5. The molecule has 0 bridgehead atoms. The molecule has 0 aliphatic rings. The van der Waals surface area contributed by atoms with Crippen molar-refractivity contribution in [2.45, 2.75) is 19.9 Å². The minimum atomic E-state index is -1.05. The second-order valence-corrected chi connectivity index (χ2v) is 6.34. The number of carboxylic acids is 1. The first-order chi connectivity index (χ1) is 14.0. The Balaban J connectivity index is 1.71. The lowest BCUT2D eigenvalue weighted by molar-refractivity contribution is 0.0699. The minimum absolute atomic E-state index is 0.121. The van der Waals surface area contributed by atoms with Gasteiger partial charge in [-0.05, 0) is 23.8 Å². The number of hydrogen-bond donors (Lipinski definition) is 3. The molecule has 146 valence electrons. The third kappa shape index (κ3) is 3.75. The summed E-state index contributed by atoms with van der Waals surface area (Å²) < 4.78 is 13.4. The Morgan fingerprint density at radius 2 is 2.00 bits per heavy atom. The Morgan fingerprint density at radius 1 is 1.17 bits per heavy atom. The fourth-order valence-corrected chi connectivity index (χ4v) is 2.98. The normalized spacial score (nSPS) is 11.0. The summed E-state index contributed by atoms with van der Waals surface area (Å²) >= 11 is 0. The fourth-order valence-electron chi connectivity index (χ4n) is 2.98. The van der Waals surface area contributed by atoms with E-state index in [9.17, 15) is 14.3 Å².